The third kappa shape index (κ3) is 4.67. The Morgan fingerprint density at radius 2 is 1.88 bits per heavy atom. The van der Waals surface area contributed by atoms with E-state index in [1.54, 1.807) is 0 Å². The second-order valence-electron chi connectivity index (χ2n) is 3.87. The summed E-state index contributed by atoms with van der Waals surface area (Å²) in [6, 6.07) is 7.59. The lowest BCUT2D eigenvalue weighted by Gasteiger charge is -2.04. The summed E-state index contributed by atoms with van der Waals surface area (Å²) in [5.74, 6) is 0.706. The van der Waals surface area contributed by atoms with Crippen LogP contribution in [0.15, 0.2) is 24.3 Å². The monoisotopic (exact) mass is 239 g/mol. The van der Waals surface area contributed by atoms with Crippen molar-refractivity contribution in [1.29, 1.82) is 0 Å². The van der Waals surface area contributed by atoms with Crippen LogP contribution in [0.1, 0.15) is 35.2 Å². The van der Waals surface area contributed by atoms with E-state index in [0.717, 1.165) is 31.4 Å². The third-order valence-electron chi connectivity index (χ3n) is 2.41. The zero-order valence-electron chi connectivity index (χ0n) is 9.63. The minimum absolute atomic E-state index is 0.00544. The van der Waals surface area contributed by atoms with E-state index in [1.165, 1.54) is 5.56 Å². The average Bonchev–Trinajstić information content (AvgIpc) is 2.29. The lowest BCUT2D eigenvalue weighted by Crippen LogP contribution is -2.24. The predicted octanol–water partition coefficient (Wildman–Crippen LogP) is 3.13. The first-order valence-electron chi connectivity index (χ1n) is 5.65. The number of alkyl halides is 1. The van der Waals surface area contributed by atoms with Crippen LogP contribution < -0.4 is 5.32 Å². The van der Waals surface area contributed by atoms with Gasteiger partial charge in [-0.05, 0) is 31.9 Å². The zero-order valence-corrected chi connectivity index (χ0v) is 10.4. The molecule has 0 aliphatic rings. The lowest BCUT2D eigenvalue weighted by molar-refractivity contribution is 0.0953. The number of unbranched alkanes of at least 4 members (excludes halogenated alkanes) is 2. The molecule has 3 heteroatoms. The number of aryl methyl sites for hydroxylation is 1. The Morgan fingerprint density at radius 1 is 1.19 bits per heavy atom. The first-order valence-corrected chi connectivity index (χ1v) is 6.18. The van der Waals surface area contributed by atoms with Crippen LogP contribution in [0.3, 0.4) is 0 Å². The van der Waals surface area contributed by atoms with Gasteiger partial charge < -0.3 is 5.32 Å². The molecule has 0 radical (unpaired) electrons. The Kier molecular flexibility index (Phi) is 5.94. The number of amides is 1. The van der Waals surface area contributed by atoms with Gasteiger partial charge in [-0.3, -0.25) is 4.79 Å². The van der Waals surface area contributed by atoms with Crippen LogP contribution in [0, 0.1) is 6.92 Å². The Bertz CT molecular complexity index is 321. The SMILES string of the molecule is Cc1ccc(C(=O)NCCCCCCl)cc1. The highest BCUT2D eigenvalue weighted by Gasteiger charge is 2.03. The van der Waals surface area contributed by atoms with Gasteiger partial charge in [0.15, 0.2) is 0 Å². The summed E-state index contributed by atoms with van der Waals surface area (Å²) < 4.78 is 0. The van der Waals surface area contributed by atoms with E-state index in [4.69, 9.17) is 11.6 Å². The number of hydrogen-bond donors (Lipinski definition) is 1. The maximum Gasteiger partial charge on any atom is 0.251 e. The van der Waals surface area contributed by atoms with Crippen molar-refractivity contribution in [2.45, 2.75) is 26.2 Å². The summed E-state index contributed by atoms with van der Waals surface area (Å²) in [5.41, 5.74) is 1.89. The van der Waals surface area contributed by atoms with Gasteiger partial charge in [-0.25, -0.2) is 0 Å². The average molecular weight is 240 g/mol. The van der Waals surface area contributed by atoms with Crippen molar-refractivity contribution in [2.75, 3.05) is 12.4 Å². The second kappa shape index (κ2) is 7.29. The molecule has 16 heavy (non-hydrogen) atoms. The van der Waals surface area contributed by atoms with Crippen LogP contribution >= 0.6 is 11.6 Å². The molecule has 1 N–H and O–H groups in total. The zero-order chi connectivity index (χ0) is 11.8. The van der Waals surface area contributed by atoms with E-state index < -0.39 is 0 Å². The predicted molar refractivity (Wildman–Crippen MR) is 68.1 cm³/mol. The molecule has 0 saturated heterocycles. The maximum absolute atomic E-state index is 11.7. The molecule has 1 aromatic carbocycles. The molecule has 2 nitrogen and oxygen atoms in total. The van der Waals surface area contributed by atoms with Crippen molar-refractivity contribution in [1.82, 2.24) is 5.32 Å². The standard InChI is InChI=1S/C13H18ClNO/c1-11-5-7-12(8-6-11)13(16)15-10-4-2-3-9-14/h5-8H,2-4,9-10H2,1H3,(H,15,16). The maximum atomic E-state index is 11.7. The van der Waals surface area contributed by atoms with E-state index in [2.05, 4.69) is 5.32 Å². The van der Waals surface area contributed by atoms with Gasteiger partial charge in [0.05, 0.1) is 0 Å². The largest absolute Gasteiger partial charge is 0.352 e. The molecule has 0 aromatic heterocycles. The number of carbonyl (C=O) groups excluding carboxylic acids is 1. The van der Waals surface area contributed by atoms with E-state index in [0.29, 0.717) is 5.88 Å². The summed E-state index contributed by atoms with van der Waals surface area (Å²) >= 11 is 5.57. The Hall–Kier alpha value is -1.02. The normalized spacial score (nSPS) is 10.1. The van der Waals surface area contributed by atoms with Gasteiger partial charge in [-0.1, -0.05) is 24.1 Å². The molecule has 0 aliphatic carbocycles. The molecule has 0 bridgehead atoms. The van der Waals surface area contributed by atoms with Crippen LogP contribution in [0.5, 0.6) is 0 Å². The summed E-state index contributed by atoms with van der Waals surface area (Å²) in [5, 5.41) is 2.90. The first kappa shape index (κ1) is 13.0. The third-order valence-corrected chi connectivity index (χ3v) is 2.68. The van der Waals surface area contributed by atoms with Gasteiger partial charge >= 0.3 is 0 Å². The van der Waals surface area contributed by atoms with Gasteiger partial charge in [0, 0.05) is 18.0 Å². The Labute approximate surface area is 102 Å². The smallest absolute Gasteiger partial charge is 0.251 e. The number of benzene rings is 1. The number of hydrogen-bond acceptors (Lipinski definition) is 1. The molecule has 0 heterocycles. The minimum atomic E-state index is 0.00544. The van der Waals surface area contributed by atoms with Gasteiger partial charge in [-0.2, -0.15) is 0 Å². The van der Waals surface area contributed by atoms with Crippen LogP contribution in [0.2, 0.25) is 0 Å². The van der Waals surface area contributed by atoms with Crippen LogP contribution in [-0.2, 0) is 0 Å². The van der Waals surface area contributed by atoms with E-state index >= 15 is 0 Å². The van der Waals surface area contributed by atoms with Crippen molar-refractivity contribution in [3.8, 4) is 0 Å². The number of nitrogens with one attached hydrogen (secondary N) is 1. The fraction of sp³-hybridized carbons (Fsp3) is 0.462. The molecule has 0 unspecified atom stereocenters. The second-order valence-corrected chi connectivity index (χ2v) is 4.25. The summed E-state index contributed by atoms with van der Waals surface area (Å²) in [7, 11) is 0. The minimum Gasteiger partial charge on any atom is -0.352 e. The van der Waals surface area contributed by atoms with E-state index in [-0.39, 0.29) is 5.91 Å². The molecule has 0 atom stereocenters. The Balaban J connectivity index is 2.27. The highest BCUT2D eigenvalue weighted by Crippen LogP contribution is 2.03. The quantitative estimate of drug-likeness (QED) is 0.600. The topological polar surface area (TPSA) is 29.1 Å². The summed E-state index contributed by atoms with van der Waals surface area (Å²) in [6.07, 6.45) is 3.07. The van der Waals surface area contributed by atoms with Crippen molar-refractivity contribution in [2.24, 2.45) is 0 Å². The molecular weight excluding hydrogens is 222 g/mol. The highest BCUT2D eigenvalue weighted by molar-refractivity contribution is 6.17. The summed E-state index contributed by atoms with van der Waals surface area (Å²) in [4.78, 5) is 11.7. The van der Waals surface area contributed by atoms with Crippen LogP contribution in [-0.4, -0.2) is 18.3 Å². The van der Waals surface area contributed by atoms with Gasteiger partial charge in [0.1, 0.15) is 0 Å². The molecule has 1 rings (SSSR count). The van der Waals surface area contributed by atoms with Crippen molar-refractivity contribution in [3.63, 3.8) is 0 Å². The lowest BCUT2D eigenvalue weighted by atomic mass is 10.1. The molecule has 0 saturated carbocycles. The van der Waals surface area contributed by atoms with Crippen LogP contribution in [0.4, 0.5) is 0 Å². The molecule has 88 valence electrons. The van der Waals surface area contributed by atoms with Crippen LogP contribution in [0.25, 0.3) is 0 Å². The highest BCUT2D eigenvalue weighted by atomic mass is 35.5. The number of halogens is 1. The molecule has 1 aromatic rings. The molecule has 0 fully saturated rings. The van der Waals surface area contributed by atoms with Gasteiger partial charge in [-0.15, -0.1) is 11.6 Å². The van der Waals surface area contributed by atoms with Crippen molar-refractivity contribution >= 4 is 17.5 Å². The molecular formula is C13H18ClNO. The fourth-order valence-electron chi connectivity index (χ4n) is 1.41. The molecule has 0 aliphatic heterocycles. The van der Waals surface area contributed by atoms with Gasteiger partial charge in [0.25, 0.3) is 5.91 Å². The van der Waals surface area contributed by atoms with Crippen molar-refractivity contribution < 1.29 is 4.79 Å². The van der Waals surface area contributed by atoms with Gasteiger partial charge in [0.2, 0.25) is 0 Å². The van der Waals surface area contributed by atoms with E-state index in [1.807, 2.05) is 31.2 Å². The van der Waals surface area contributed by atoms with E-state index in [9.17, 15) is 4.79 Å². The van der Waals surface area contributed by atoms with Crippen molar-refractivity contribution in [3.05, 3.63) is 35.4 Å². The number of carbonyl (C=O) groups is 1. The Morgan fingerprint density at radius 3 is 2.50 bits per heavy atom. The number of rotatable bonds is 6. The summed E-state index contributed by atoms with van der Waals surface area (Å²) in [6.45, 7) is 2.73. The first-order chi connectivity index (χ1) is 7.74. The molecule has 1 amide bonds. The fourth-order valence-corrected chi connectivity index (χ4v) is 1.59. The molecule has 0 spiro atoms.